The Kier molecular flexibility index (Phi) is 8.58. The van der Waals surface area contributed by atoms with Crippen molar-refractivity contribution in [3.63, 3.8) is 0 Å². The first kappa shape index (κ1) is 13.0. The third kappa shape index (κ3) is 8.32. The lowest BCUT2D eigenvalue weighted by molar-refractivity contribution is -0.133. The number of thioether (sulfide) groups is 1. The molecule has 13 heavy (non-hydrogen) atoms. The van der Waals surface area contributed by atoms with Crippen molar-refractivity contribution in [2.45, 2.75) is 12.8 Å². The van der Waals surface area contributed by atoms with Gasteiger partial charge in [-0.25, -0.2) is 0 Å². The summed E-state index contributed by atoms with van der Waals surface area (Å²) in [6, 6.07) is 0. The second-order valence-electron chi connectivity index (χ2n) is 2.04. The summed E-state index contributed by atoms with van der Waals surface area (Å²) in [4.78, 5) is 21.1. The molecule has 0 N–H and O–H groups in total. The number of carbonyl (C=O) groups is 2. The van der Waals surface area contributed by atoms with E-state index in [4.69, 9.17) is 0 Å². The summed E-state index contributed by atoms with van der Waals surface area (Å²) in [6.45, 7) is 0. The Hall–Kier alpha value is -0.0100. The predicted octanol–water partition coefficient (Wildman–Crippen LogP) is 1.28. The normalized spacial score (nSPS) is 9.38. The van der Waals surface area contributed by atoms with Crippen LogP contribution in [0.25, 0.3) is 0 Å². The average molecular weight is 242 g/mol. The highest BCUT2D eigenvalue weighted by Crippen LogP contribution is 2.06. The summed E-state index contributed by atoms with van der Waals surface area (Å²) in [6.07, 6.45) is 0.591. The van der Waals surface area contributed by atoms with Crippen LogP contribution in [0.4, 0.5) is 0 Å². The Balaban J connectivity index is 3.17. The van der Waals surface area contributed by atoms with Gasteiger partial charge in [0.25, 0.3) is 0 Å². The van der Waals surface area contributed by atoms with Crippen molar-refractivity contribution in [1.29, 1.82) is 0 Å². The molecule has 0 saturated heterocycles. The van der Waals surface area contributed by atoms with Gasteiger partial charge in [-0.2, -0.15) is 11.8 Å². The van der Waals surface area contributed by atoms with Crippen LogP contribution in [-0.4, -0.2) is 23.4 Å². The van der Waals surface area contributed by atoms with Gasteiger partial charge in [0.05, 0.1) is 12.8 Å². The molecule has 0 aromatic carbocycles. The molecule has 0 fully saturated rings. The average Bonchev–Trinajstić information content (AvgIpc) is 2.16. The topological polar surface area (TPSA) is 52.6 Å². The largest absolute Gasteiger partial charge is 0.395 e. The van der Waals surface area contributed by atoms with Gasteiger partial charge in [-0.3, -0.25) is 9.59 Å². The van der Waals surface area contributed by atoms with Crippen molar-refractivity contribution in [2.24, 2.45) is 0 Å². The van der Waals surface area contributed by atoms with E-state index < -0.39 is 0 Å². The van der Waals surface area contributed by atoms with E-state index >= 15 is 0 Å². The maximum atomic E-state index is 10.5. The minimum Gasteiger partial charge on any atom is -0.395 e. The van der Waals surface area contributed by atoms with Gasteiger partial charge in [-0.1, -0.05) is 0 Å². The summed E-state index contributed by atoms with van der Waals surface area (Å²) in [5, 5.41) is 0. The SMILES string of the molecule is O=C(CCSCCC(=O)OS)OS. The fourth-order valence-corrected chi connectivity index (χ4v) is 1.51. The lowest BCUT2D eigenvalue weighted by atomic mass is 10.5. The predicted molar refractivity (Wildman–Crippen MR) is 56.7 cm³/mol. The van der Waals surface area contributed by atoms with Crippen molar-refractivity contribution < 1.29 is 18.0 Å². The van der Waals surface area contributed by atoms with Crippen molar-refractivity contribution >= 4 is 49.5 Å². The van der Waals surface area contributed by atoms with Crippen molar-refractivity contribution in [2.75, 3.05) is 11.5 Å². The third-order valence-electron chi connectivity index (χ3n) is 1.10. The standard InChI is InChI=1S/C6H10O4S3/c7-5(9-11)1-3-13-4-2-6(8)10-12/h11-12H,1-4H2. The van der Waals surface area contributed by atoms with E-state index in [1.165, 1.54) is 11.8 Å². The molecule has 0 aliphatic carbocycles. The van der Waals surface area contributed by atoms with Crippen molar-refractivity contribution in [1.82, 2.24) is 0 Å². The van der Waals surface area contributed by atoms with Crippen LogP contribution in [0.2, 0.25) is 0 Å². The zero-order chi connectivity index (χ0) is 10.1. The lowest BCUT2D eigenvalue weighted by Crippen LogP contribution is -2.01. The minimum atomic E-state index is -0.368. The minimum absolute atomic E-state index is 0.296. The van der Waals surface area contributed by atoms with E-state index in [1.54, 1.807) is 0 Å². The summed E-state index contributed by atoms with van der Waals surface area (Å²) < 4.78 is 8.27. The van der Waals surface area contributed by atoms with Crippen LogP contribution >= 0.6 is 37.6 Å². The third-order valence-corrected chi connectivity index (χ3v) is 2.50. The molecule has 0 atom stereocenters. The first-order valence-electron chi connectivity index (χ1n) is 3.47. The Bertz CT molecular complexity index is 155. The van der Waals surface area contributed by atoms with Gasteiger partial charge in [0, 0.05) is 37.3 Å². The molecule has 0 aromatic rings. The van der Waals surface area contributed by atoms with Crippen molar-refractivity contribution in [3.8, 4) is 0 Å². The monoisotopic (exact) mass is 242 g/mol. The first-order chi connectivity index (χ1) is 6.20. The zero-order valence-corrected chi connectivity index (χ0v) is 9.37. The molecule has 0 spiro atoms. The first-order valence-corrected chi connectivity index (χ1v) is 5.35. The Morgan fingerprint density at radius 2 is 1.38 bits per heavy atom. The molecule has 0 aliphatic heterocycles. The van der Waals surface area contributed by atoms with E-state index in [1.807, 2.05) is 0 Å². The van der Waals surface area contributed by atoms with Gasteiger partial charge in [-0.15, -0.1) is 0 Å². The molecule has 0 heterocycles. The van der Waals surface area contributed by atoms with E-state index in [9.17, 15) is 9.59 Å². The van der Waals surface area contributed by atoms with E-state index in [0.29, 0.717) is 24.3 Å². The van der Waals surface area contributed by atoms with E-state index in [0.717, 1.165) is 0 Å². The number of hydrogen-bond acceptors (Lipinski definition) is 7. The number of carbonyl (C=O) groups excluding carboxylic acids is 2. The Morgan fingerprint density at radius 1 is 1.00 bits per heavy atom. The van der Waals surface area contributed by atoms with Gasteiger partial charge >= 0.3 is 11.9 Å². The second kappa shape index (κ2) is 8.58. The summed E-state index contributed by atoms with van der Waals surface area (Å²) in [5.74, 6) is 0.485. The number of hydrogen-bond donors (Lipinski definition) is 2. The van der Waals surface area contributed by atoms with Crippen molar-refractivity contribution in [3.05, 3.63) is 0 Å². The fraction of sp³-hybridized carbons (Fsp3) is 0.667. The van der Waals surface area contributed by atoms with Crippen LogP contribution in [-0.2, 0) is 18.0 Å². The molecule has 0 amide bonds. The Labute approximate surface area is 92.0 Å². The van der Waals surface area contributed by atoms with Crippen LogP contribution in [0.5, 0.6) is 0 Å². The molecule has 76 valence electrons. The smallest absolute Gasteiger partial charge is 0.318 e. The second-order valence-corrected chi connectivity index (χ2v) is 3.63. The highest BCUT2D eigenvalue weighted by molar-refractivity contribution is 7.99. The van der Waals surface area contributed by atoms with Crippen LogP contribution in [0, 0.1) is 0 Å². The lowest BCUT2D eigenvalue weighted by Gasteiger charge is -1.98. The molecule has 0 saturated carbocycles. The van der Waals surface area contributed by atoms with Gasteiger partial charge in [0.15, 0.2) is 0 Å². The van der Waals surface area contributed by atoms with Crippen LogP contribution in [0.15, 0.2) is 0 Å². The highest BCUT2D eigenvalue weighted by Gasteiger charge is 2.03. The van der Waals surface area contributed by atoms with E-state index in [-0.39, 0.29) is 11.9 Å². The highest BCUT2D eigenvalue weighted by atomic mass is 32.2. The molecular weight excluding hydrogens is 232 g/mol. The summed E-state index contributed by atoms with van der Waals surface area (Å²) in [7, 11) is 0. The molecule has 0 radical (unpaired) electrons. The number of thiol groups is 2. The molecular formula is C6H10O4S3. The molecule has 0 rings (SSSR count). The van der Waals surface area contributed by atoms with E-state index in [2.05, 4.69) is 34.2 Å². The van der Waals surface area contributed by atoms with Gasteiger partial charge in [0.2, 0.25) is 0 Å². The molecule has 0 aliphatic rings. The maximum Gasteiger partial charge on any atom is 0.318 e. The fourth-order valence-electron chi connectivity index (χ4n) is 0.504. The summed E-state index contributed by atoms with van der Waals surface area (Å²) >= 11 is 8.16. The molecule has 7 heteroatoms. The summed E-state index contributed by atoms with van der Waals surface area (Å²) in [5.41, 5.74) is 0. The quantitative estimate of drug-likeness (QED) is 0.417. The van der Waals surface area contributed by atoms with Gasteiger partial charge < -0.3 is 8.37 Å². The maximum absolute atomic E-state index is 10.5. The molecule has 0 aromatic heterocycles. The Morgan fingerprint density at radius 3 is 1.69 bits per heavy atom. The van der Waals surface area contributed by atoms with Gasteiger partial charge in [0.1, 0.15) is 0 Å². The molecule has 4 nitrogen and oxygen atoms in total. The van der Waals surface area contributed by atoms with Gasteiger partial charge in [-0.05, 0) is 0 Å². The number of rotatable bonds is 6. The van der Waals surface area contributed by atoms with Crippen LogP contribution in [0.3, 0.4) is 0 Å². The zero-order valence-electron chi connectivity index (χ0n) is 6.76. The van der Waals surface area contributed by atoms with Crippen LogP contribution in [0.1, 0.15) is 12.8 Å². The molecule has 0 unspecified atom stereocenters. The van der Waals surface area contributed by atoms with Crippen LogP contribution < -0.4 is 0 Å². The molecule has 0 bridgehead atoms.